The van der Waals surface area contributed by atoms with Gasteiger partial charge >= 0.3 is 0 Å². The average molecular weight is 426 g/mol. The SMILES string of the molecule is N#Cc1c(-c2ccc(O)cc2F)nc2n[nH]c(N)c2c1-c1ccc(C2=CCNCC2)cc1. The lowest BCUT2D eigenvalue weighted by Gasteiger charge is -2.15. The summed E-state index contributed by atoms with van der Waals surface area (Å²) in [4.78, 5) is 4.42. The second-order valence-electron chi connectivity index (χ2n) is 7.58. The van der Waals surface area contributed by atoms with Crippen molar-refractivity contribution in [1.82, 2.24) is 20.5 Å². The molecule has 158 valence electrons. The van der Waals surface area contributed by atoms with E-state index in [9.17, 15) is 14.8 Å². The van der Waals surface area contributed by atoms with Crippen molar-refractivity contribution in [2.45, 2.75) is 6.42 Å². The van der Waals surface area contributed by atoms with Crippen molar-refractivity contribution in [3.8, 4) is 34.2 Å². The molecule has 3 heterocycles. The Morgan fingerprint density at radius 1 is 1.12 bits per heavy atom. The summed E-state index contributed by atoms with van der Waals surface area (Å²) in [6.45, 7) is 1.78. The molecule has 5 N–H and O–H groups in total. The number of nitrogens with zero attached hydrogens (tertiary/aromatic N) is 3. The Morgan fingerprint density at radius 3 is 2.59 bits per heavy atom. The number of phenolic OH excluding ortho intramolecular Hbond substituents is 1. The number of nitriles is 1. The van der Waals surface area contributed by atoms with Gasteiger partial charge in [-0.05, 0) is 41.8 Å². The number of phenols is 1. The number of H-pyrrole nitrogens is 1. The Bertz CT molecular complexity index is 1420. The largest absolute Gasteiger partial charge is 0.508 e. The van der Waals surface area contributed by atoms with Crippen LogP contribution in [0.25, 0.3) is 39.0 Å². The van der Waals surface area contributed by atoms with Gasteiger partial charge in [-0.25, -0.2) is 9.37 Å². The zero-order valence-electron chi connectivity index (χ0n) is 17.0. The normalized spacial score (nSPS) is 13.7. The van der Waals surface area contributed by atoms with Crippen LogP contribution in [-0.2, 0) is 0 Å². The Morgan fingerprint density at radius 2 is 1.91 bits per heavy atom. The van der Waals surface area contributed by atoms with Gasteiger partial charge in [0, 0.05) is 23.7 Å². The minimum atomic E-state index is -0.684. The second-order valence-corrected chi connectivity index (χ2v) is 7.58. The number of rotatable bonds is 3. The zero-order valence-corrected chi connectivity index (χ0v) is 17.0. The van der Waals surface area contributed by atoms with E-state index in [1.54, 1.807) is 0 Å². The van der Waals surface area contributed by atoms with Crippen LogP contribution in [0.4, 0.5) is 10.2 Å². The fourth-order valence-electron chi connectivity index (χ4n) is 4.10. The van der Waals surface area contributed by atoms with Gasteiger partial charge in [0.25, 0.3) is 0 Å². The molecule has 2 aromatic heterocycles. The Balaban J connectivity index is 1.74. The van der Waals surface area contributed by atoms with Crippen LogP contribution in [0, 0.1) is 17.1 Å². The van der Waals surface area contributed by atoms with Crippen LogP contribution >= 0.6 is 0 Å². The van der Waals surface area contributed by atoms with Crippen LogP contribution in [0.1, 0.15) is 17.5 Å². The molecule has 4 aromatic rings. The number of aromatic nitrogens is 3. The third-order valence-corrected chi connectivity index (χ3v) is 5.66. The number of nitrogens with one attached hydrogen (secondary N) is 2. The lowest BCUT2D eigenvalue weighted by atomic mass is 9.92. The van der Waals surface area contributed by atoms with Crippen molar-refractivity contribution >= 4 is 22.4 Å². The average Bonchev–Trinajstić information content (AvgIpc) is 3.19. The number of pyridine rings is 1. The Kier molecular flexibility index (Phi) is 4.81. The number of hydrogen-bond donors (Lipinski definition) is 4. The van der Waals surface area contributed by atoms with E-state index in [2.05, 4.69) is 32.6 Å². The van der Waals surface area contributed by atoms with Crippen molar-refractivity contribution in [2.75, 3.05) is 18.8 Å². The molecule has 0 saturated carbocycles. The maximum Gasteiger partial charge on any atom is 0.184 e. The third-order valence-electron chi connectivity index (χ3n) is 5.66. The zero-order chi connectivity index (χ0) is 22.2. The van der Waals surface area contributed by atoms with E-state index in [0.29, 0.717) is 10.9 Å². The van der Waals surface area contributed by atoms with Crippen LogP contribution < -0.4 is 11.1 Å². The molecular weight excluding hydrogens is 407 g/mol. The van der Waals surface area contributed by atoms with Crippen LogP contribution in [0.15, 0.2) is 48.5 Å². The van der Waals surface area contributed by atoms with Crippen molar-refractivity contribution < 1.29 is 9.50 Å². The summed E-state index contributed by atoms with van der Waals surface area (Å²) in [5, 5.41) is 30.3. The van der Waals surface area contributed by atoms with Gasteiger partial charge < -0.3 is 16.2 Å². The van der Waals surface area contributed by atoms with E-state index in [1.165, 1.54) is 17.7 Å². The standard InChI is InChI=1S/C24H19FN6O/c25-19-11-16(32)5-6-17(19)22-18(12-26)20(21-23(27)30-31-24(21)29-22)15-3-1-13(2-4-15)14-7-9-28-10-8-14/h1-7,11,28,32H,8-10H2,(H3,27,29,30,31). The topological polar surface area (TPSA) is 124 Å². The molecule has 1 aliphatic heterocycles. The second kappa shape index (κ2) is 7.80. The van der Waals surface area contributed by atoms with E-state index < -0.39 is 5.82 Å². The van der Waals surface area contributed by atoms with Crippen LogP contribution in [0.2, 0.25) is 0 Å². The van der Waals surface area contributed by atoms with Gasteiger partial charge in [0.15, 0.2) is 5.65 Å². The number of aromatic amines is 1. The quantitative estimate of drug-likeness (QED) is 0.393. The van der Waals surface area contributed by atoms with E-state index in [1.807, 2.05) is 24.3 Å². The molecule has 0 fully saturated rings. The number of benzene rings is 2. The summed E-state index contributed by atoms with van der Waals surface area (Å²) in [6.07, 6.45) is 3.12. The summed E-state index contributed by atoms with van der Waals surface area (Å²) in [5.74, 6) is -0.615. The van der Waals surface area contributed by atoms with E-state index in [-0.39, 0.29) is 34.0 Å². The highest BCUT2D eigenvalue weighted by Gasteiger charge is 2.23. The van der Waals surface area contributed by atoms with Crippen LogP contribution in [0.5, 0.6) is 5.75 Å². The van der Waals surface area contributed by atoms with Crippen molar-refractivity contribution in [3.63, 3.8) is 0 Å². The first kappa shape index (κ1) is 19.7. The maximum absolute atomic E-state index is 14.7. The summed E-state index contributed by atoms with van der Waals surface area (Å²) >= 11 is 0. The molecule has 0 aliphatic carbocycles. The van der Waals surface area contributed by atoms with Gasteiger partial charge in [0.1, 0.15) is 23.5 Å². The molecule has 7 nitrogen and oxygen atoms in total. The van der Waals surface area contributed by atoms with E-state index in [0.717, 1.165) is 36.7 Å². The van der Waals surface area contributed by atoms with Gasteiger partial charge in [-0.3, -0.25) is 5.10 Å². The van der Waals surface area contributed by atoms with E-state index >= 15 is 0 Å². The predicted molar refractivity (Wildman–Crippen MR) is 121 cm³/mol. The van der Waals surface area contributed by atoms with E-state index in [4.69, 9.17) is 5.73 Å². The molecule has 8 heteroatoms. The lowest BCUT2D eigenvalue weighted by molar-refractivity contribution is 0.469. The summed E-state index contributed by atoms with van der Waals surface area (Å²) in [7, 11) is 0. The highest BCUT2D eigenvalue weighted by Crippen LogP contribution is 2.39. The molecule has 0 spiro atoms. The molecule has 1 aliphatic rings. The summed E-state index contributed by atoms with van der Waals surface area (Å²) < 4.78 is 14.7. The van der Waals surface area contributed by atoms with Gasteiger partial charge in [-0.15, -0.1) is 0 Å². The Labute approximate surface area is 183 Å². The molecule has 2 aromatic carbocycles. The van der Waals surface area contributed by atoms with Crippen molar-refractivity contribution in [2.24, 2.45) is 0 Å². The molecular formula is C24H19FN6O. The molecule has 0 amide bonds. The van der Waals surface area contributed by atoms with Gasteiger partial charge in [-0.2, -0.15) is 10.4 Å². The Hall–Kier alpha value is -4.22. The minimum Gasteiger partial charge on any atom is -0.508 e. The fourth-order valence-corrected chi connectivity index (χ4v) is 4.10. The molecule has 32 heavy (non-hydrogen) atoms. The minimum absolute atomic E-state index is 0.0977. The van der Waals surface area contributed by atoms with Crippen molar-refractivity contribution in [1.29, 1.82) is 5.26 Å². The first-order valence-electron chi connectivity index (χ1n) is 10.1. The van der Waals surface area contributed by atoms with Crippen molar-refractivity contribution in [3.05, 3.63) is 65.5 Å². The molecule has 0 saturated heterocycles. The summed E-state index contributed by atoms with van der Waals surface area (Å²) in [5.41, 5.74) is 10.5. The third kappa shape index (κ3) is 3.25. The molecule has 0 bridgehead atoms. The van der Waals surface area contributed by atoms with Crippen LogP contribution in [0.3, 0.4) is 0 Å². The number of nitrogen functional groups attached to an aromatic ring is 1. The maximum atomic E-state index is 14.7. The number of nitrogens with two attached hydrogens (primary N) is 1. The smallest absolute Gasteiger partial charge is 0.184 e. The highest BCUT2D eigenvalue weighted by molar-refractivity contribution is 6.04. The summed E-state index contributed by atoms with van der Waals surface area (Å²) in [6, 6.07) is 13.8. The lowest BCUT2D eigenvalue weighted by Crippen LogP contribution is -2.19. The number of fused-ring (bicyclic) bond motifs is 1. The van der Waals surface area contributed by atoms with Gasteiger partial charge in [-0.1, -0.05) is 30.3 Å². The number of anilines is 1. The van der Waals surface area contributed by atoms with Gasteiger partial charge in [0.05, 0.1) is 16.6 Å². The monoisotopic (exact) mass is 426 g/mol. The molecule has 5 rings (SSSR count). The highest BCUT2D eigenvalue weighted by atomic mass is 19.1. The predicted octanol–water partition coefficient (Wildman–Crippen LogP) is 3.97. The first-order valence-corrected chi connectivity index (χ1v) is 10.1. The molecule has 0 radical (unpaired) electrons. The first-order chi connectivity index (χ1) is 15.6. The molecule has 0 atom stereocenters. The van der Waals surface area contributed by atoms with Crippen LogP contribution in [-0.4, -0.2) is 33.4 Å². The van der Waals surface area contributed by atoms with Gasteiger partial charge in [0.2, 0.25) is 0 Å². The fraction of sp³-hybridized carbons (Fsp3) is 0.125. The molecule has 0 unspecified atom stereocenters. The number of hydrogen-bond acceptors (Lipinski definition) is 6. The number of aromatic hydroxyl groups is 1. The number of halogens is 1.